The minimum atomic E-state index is 0.255. The van der Waals surface area contributed by atoms with Gasteiger partial charge in [0.15, 0.2) is 0 Å². The van der Waals surface area contributed by atoms with Crippen LogP contribution in [0.4, 0.5) is 5.69 Å². The molecule has 1 aromatic rings. The smallest absolute Gasteiger partial charge is 0.0376 e. The summed E-state index contributed by atoms with van der Waals surface area (Å²) in [5.74, 6) is 0.749. The molecule has 0 aromatic heterocycles. The fourth-order valence-corrected chi connectivity index (χ4v) is 3.32. The van der Waals surface area contributed by atoms with Gasteiger partial charge in [0.1, 0.15) is 0 Å². The highest BCUT2D eigenvalue weighted by Gasteiger charge is 2.34. The second kappa shape index (κ2) is 5.54. The molecule has 2 nitrogen and oxygen atoms in total. The maximum Gasteiger partial charge on any atom is 0.0376 e. The molecule has 0 bridgehead atoms. The molecule has 1 saturated heterocycles. The second-order valence-corrected chi connectivity index (χ2v) is 6.75. The number of nitrogens with two attached hydrogens (primary N) is 1. The summed E-state index contributed by atoms with van der Waals surface area (Å²) in [4.78, 5) is 2.59. The molecule has 0 aliphatic carbocycles. The second-order valence-electron chi connectivity index (χ2n) is 6.75. The number of benzene rings is 1. The van der Waals surface area contributed by atoms with Crippen LogP contribution in [0, 0.1) is 19.8 Å². The van der Waals surface area contributed by atoms with Gasteiger partial charge in [-0.05, 0) is 82.7 Å². The van der Waals surface area contributed by atoms with Crippen LogP contribution >= 0.6 is 0 Å². The van der Waals surface area contributed by atoms with Gasteiger partial charge in [-0.15, -0.1) is 0 Å². The van der Waals surface area contributed by atoms with Gasteiger partial charge in [0.25, 0.3) is 0 Å². The number of anilines is 1. The van der Waals surface area contributed by atoms with Gasteiger partial charge < -0.3 is 10.6 Å². The first-order chi connectivity index (χ1) is 8.92. The highest BCUT2D eigenvalue weighted by Crippen LogP contribution is 2.36. The van der Waals surface area contributed by atoms with Crippen molar-refractivity contribution < 1.29 is 0 Å². The van der Waals surface area contributed by atoms with Crippen molar-refractivity contribution in [3.63, 3.8) is 0 Å². The zero-order chi connectivity index (χ0) is 14.0. The standard InChI is InChI=1S/C17H28N2/c1-13-9-14(2)11-16(10-13)19-12-15(6-8-18)5-7-17(19,3)4/h9-11,15H,5-8,12,18H2,1-4H3. The predicted molar refractivity (Wildman–Crippen MR) is 83.7 cm³/mol. The average Bonchev–Trinajstić information content (AvgIpc) is 2.30. The van der Waals surface area contributed by atoms with Crippen molar-refractivity contribution in [3.8, 4) is 0 Å². The number of rotatable bonds is 3. The van der Waals surface area contributed by atoms with E-state index in [1.807, 2.05) is 0 Å². The predicted octanol–water partition coefficient (Wildman–Crippen LogP) is 3.65. The largest absolute Gasteiger partial charge is 0.366 e. The van der Waals surface area contributed by atoms with Crippen molar-refractivity contribution >= 4 is 5.69 Å². The number of nitrogens with zero attached hydrogens (tertiary/aromatic N) is 1. The van der Waals surface area contributed by atoms with Gasteiger partial charge in [-0.25, -0.2) is 0 Å². The molecule has 1 aliphatic heterocycles. The Hall–Kier alpha value is -1.02. The van der Waals surface area contributed by atoms with E-state index in [0.717, 1.165) is 25.4 Å². The molecule has 106 valence electrons. The molecule has 0 saturated carbocycles. The first-order valence-corrected chi connectivity index (χ1v) is 7.48. The Morgan fingerprint density at radius 3 is 2.42 bits per heavy atom. The van der Waals surface area contributed by atoms with Crippen LogP contribution < -0.4 is 10.6 Å². The van der Waals surface area contributed by atoms with Crippen molar-refractivity contribution in [2.45, 2.75) is 52.5 Å². The lowest BCUT2D eigenvalue weighted by molar-refractivity contribution is 0.282. The Labute approximate surface area is 118 Å². The van der Waals surface area contributed by atoms with E-state index in [0.29, 0.717) is 0 Å². The van der Waals surface area contributed by atoms with Gasteiger partial charge >= 0.3 is 0 Å². The maximum absolute atomic E-state index is 5.74. The van der Waals surface area contributed by atoms with Crippen molar-refractivity contribution in [2.75, 3.05) is 18.0 Å². The molecule has 1 unspecified atom stereocenters. The topological polar surface area (TPSA) is 29.3 Å². The summed E-state index contributed by atoms with van der Waals surface area (Å²) in [6.07, 6.45) is 3.72. The van der Waals surface area contributed by atoms with Crippen molar-refractivity contribution in [1.82, 2.24) is 0 Å². The summed E-state index contributed by atoms with van der Waals surface area (Å²) in [6, 6.07) is 6.89. The number of hydrogen-bond donors (Lipinski definition) is 1. The molecule has 0 spiro atoms. The van der Waals surface area contributed by atoms with Gasteiger partial charge in [-0.3, -0.25) is 0 Å². The maximum atomic E-state index is 5.74. The third kappa shape index (κ3) is 3.30. The van der Waals surface area contributed by atoms with Crippen LogP contribution in [0.2, 0.25) is 0 Å². The van der Waals surface area contributed by atoms with Crippen molar-refractivity contribution in [1.29, 1.82) is 0 Å². The first-order valence-electron chi connectivity index (χ1n) is 7.48. The molecule has 19 heavy (non-hydrogen) atoms. The molecule has 1 aromatic carbocycles. The average molecular weight is 260 g/mol. The normalized spacial score (nSPS) is 22.6. The molecule has 1 heterocycles. The monoisotopic (exact) mass is 260 g/mol. The van der Waals surface area contributed by atoms with E-state index < -0.39 is 0 Å². The summed E-state index contributed by atoms with van der Waals surface area (Å²) in [6.45, 7) is 11.1. The summed E-state index contributed by atoms with van der Waals surface area (Å²) >= 11 is 0. The SMILES string of the molecule is Cc1cc(C)cc(N2CC(CCN)CCC2(C)C)c1. The third-order valence-electron chi connectivity index (χ3n) is 4.43. The van der Waals surface area contributed by atoms with Crippen LogP contribution in [0.1, 0.15) is 44.2 Å². The number of aryl methyl sites for hydroxylation is 2. The lowest BCUT2D eigenvalue weighted by atomic mass is 9.83. The van der Waals surface area contributed by atoms with Gasteiger partial charge in [0.2, 0.25) is 0 Å². The molecule has 1 aliphatic rings. The highest BCUT2D eigenvalue weighted by molar-refractivity contribution is 5.53. The molecule has 1 fully saturated rings. The van der Waals surface area contributed by atoms with Crippen LogP contribution in [-0.4, -0.2) is 18.6 Å². The van der Waals surface area contributed by atoms with Gasteiger partial charge in [0.05, 0.1) is 0 Å². The van der Waals surface area contributed by atoms with E-state index in [4.69, 9.17) is 5.73 Å². The van der Waals surface area contributed by atoms with Crippen LogP contribution in [0.25, 0.3) is 0 Å². The summed E-state index contributed by atoms with van der Waals surface area (Å²) in [5, 5.41) is 0. The van der Waals surface area contributed by atoms with Gasteiger partial charge in [0, 0.05) is 17.8 Å². The molecular formula is C17H28N2. The lowest BCUT2D eigenvalue weighted by Crippen LogP contribution is -2.51. The molecule has 2 N–H and O–H groups in total. The molecule has 2 heteroatoms. The van der Waals surface area contributed by atoms with Crippen LogP contribution in [0.5, 0.6) is 0 Å². The zero-order valence-corrected chi connectivity index (χ0v) is 12.9. The molecule has 0 radical (unpaired) electrons. The Morgan fingerprint density at radius 1 is 1.21 bits per heavy atom. The summed E-state index contributed by atoms with van der Waals surface area (Å²) in [7, 11) is 0. The minimum Gasteiger partial charge on any atom is -0.366 e. The Morgan fingerprint density at radius 2 is 1.84 bits per heavy atom. The van der Waals surface area contributed by atoms with Crippen molar-refractivity contribution in [2.24, 2.45) is 11.7 Å². The van der Waals surface area contributed by atoms with E-state index in [-0.39, 0.29) is 5.54 Å². The molecule has 2 rings (SSSR count). The van der Waals surface area contributed by atoms with Crippen LogP contribution in [0.15, 0.2) is 18.2 Å². The third-order valence-corrected chi connectivity index (χ3v) is 4.43. The lowest BCUT2D eigenvalue weighted by Gasteiger charge is -2.47. The fraction of sp³-hybridized carbons (Fsp3) is 0.647. The van der Waals surface area contributed by atoms with Gasteiger partial charge in [-0.1, -0.05) is 6.07 Å². The summed E-state index contributed by atoms with van der Waals surface area (Å²) in [5.41, 5.74) is 10.1. The number of hydrogen-bond acceptors (Lipinski definition) is 2. The quantitative estimate of drug-likeness (QED) is 0.899. The van der Waals surface area contributed by atoms with E-state index in [2.05, 4.69) is 50.8 Å². The molecular weight excluding hydrogens is 232 g/mol. The van der Waals surface area contributed by atoms with E-state index >= 15 is 0 Å². The fourth-order valence-electron chi connectivity index (χ4n) is 3.32. The van der Waals surface area contributed by atoms with Crippen molar-refractivity contribution in [3.05, 3.63) is 29.3 Å². The Kier molecular flexibility index (Phi) is 4.19. The highest BCUT2D eigenvalue weighted by atomic mass is 15.2. The van der Waals surface area contributed by atoms with Crippen LogP contribution in [-0.2, 0) is 0 Å². The molecule has 1 atom stereocenters. The minimum absolute atomic E-state index is 0.255. The zero-order valence-electron chi connectivity index (χ0n) is 12.9. The number of piperidine rings is 1. The van der Waals surface area contributed by atoms with E-state index in [9.17, 15) is 0 Å². The van der Waals surface area contributed by atoms with E-state index in [1.54, 1.807) is 0 Å². The first kappa shape index (κ1) is 14.4. The Balaban J connectivity index is 2.27. The van der Waals surface area contributed by atoms with Crippen LogP contribution in [0.3, 0.4) is 0 Å². The summed E-state index contributed by atoms with van der Waals surface area (Å²) < 4.78 is 0. The molecule has 0 amide bonds. The van der Waals surface area contributed by atoms with E-state index in [1.165, 1.54) is 29.7 Å². The van der Waals surface area contributed by atoms with Gasteiger partial charge in [-0.2, -0.15) is 0 Å². The Bertz CT molecular complexity index is 417.